The van der Waals surface area contributed by atoms with Crippen molar-refractivity contribution in [3.63, 3.8) is 0 Å². The van der Waals surface area contributed by atoms with Gasteiger partial charge in [-0.3, -0.25) is 9.48 Å². The van der Waals surface area contributed by atoms with Crippen molar-refractivity contribution in [2.75, 3.05) is 12.1 Å². The second-order valence-corrected chi connectivity index (χ2v) is 6.09. The van der Waals surface area contributed by atoms with Gasteiger partial charge in [-0.2, -0.15) is 5.10 Å². The number of hydrogen-bond acceptors (Lipinski definition) is 4. The van der Waals surface area contributed by atoms with E-state index in [0.29, 0.717) is 34.3 Å². The average Bonchev–Trinajstić information content (AvgIpc) is 3.25. The van der Waals surface area contributed by atoms with Gasteiger partial charge in [0.25, 0.3) is 5.91 Å². The standard InChI is InChI=1S/C18H13ClFN3O3/c19-15-6-13(20)3-1-12(15)8-23-9-14(7-21-23)22-18(24)11-2-4-16-17(5-11)26-10-25-16/h1-7,9H,8,10H2,(H,22,24). The first-order chi connectivity index (χ1) is 12.6. The summed E-state index contributed by atoms with van der Waals surface area (Å²) in [6.07, 6.45) is 3.20. The lowest BCUT2D eigenvalue weighted by molar-refractivity contribution is 0.102. The molecule has 0 aliphatic carbocycles. The number of halogens is 2. The van der Waals surface area contributed by atoms with Crippen molar-refractivity contribution >= 4 is 23.2 Å². The molecule has 6 nitrogen and oxygen atoms in total. The minimum absolute atomic E-state index is 0.152. The zero-order valence-electron chi connectivity index (χ0n) is 13.4. The van der Waals surface area contributed by atoms with Gasteiger partial charge in [0.1, 0.15) is 5.82 Å². The second kappa shape index (κ2) is 6.68. The molecule has 4 rings (SSSR count). The van der Waals surface area contributed by atoms with Crippen molar-refractivity contribution in [1.82, 2.24) is 9.78 Å². The maximum Gasteiger partial charge on any atom is 0.255 e. The summed E-state index contributed by atoms with van der Waals surface area (Å²) in [4.78, 5) is 12.4. The molecule has 2 heterocycles. The molecule has 1 amide bonds. The number of carbonyl (C=O) groups is 1. The van der Waals surface area contributed by atoms with Gasteiger partial charge in [0.05, 0.1) is 18.4 Å². The van der Waals surface area contributed by atoms with Crippen LogP contribution in [0.5, 0.6) is 11.5 Å². The molecule has 1 N–H and O–H groups in total. The van der Waals surface area contributed by atoms with E-state index in [2.05, 4.69) is 10.4 Å². The van der Waals surface area contributed by atoms with Gasteiger partial charge in [0.2, 0.25) is 6.79 Å². The summed E-state index contributed by atoms with van der Waals surface area (Å²) in [6.45, 7) is 0.512. The smallest absolute Gasteiger partial charge is 0.255 e. The van der Waals surface area contributed by atoms with Gasteiger partial charge in [0, 0.05) is 16.8 Å². The van der Waals surface area contributed by atoms with E-state index >= 15 is 0 Å². The van der Waals surface area contributed by atoms with E-state index < -0.39 is 5.82 Å². The van der Waals surface area contributed by atoms with Crippen molar-refractivity contribution < 1.29 is 18.7 Å². The third-order valence-electron chi connectivity index (χ3n) is 3.87. The van der Waals surface area contributed by atoms with Crippen LogP contribution in [0.15, 0.2) is 48.8 Å². The van der Waals surface area contributed by atoms with Crippen LogP contribution in [-0.4, -0.2) is 22.5 Å². The lowest BCUT2D eigenvalue weighted by Gasteiger charge is -2.05. The normalized spacial score (nSPS) is 12.2. The van der Waals surface area contributed by atoms with E-state index in [9.17, 15) is 9.18 Å². The summed E-state index contributed by atoms with van der Waals surface area (Å²) in [6, 6.07) is 9.17. The van der Waals surface area contributed by atoms with Gasteiger partial charge in [-0.15, -0.1) is 0 Å². The molecule has 1 aliphatic heterocycles. The number of nitrogens with zero attached hydrogens (tertiary/aromatic N) is 2. The van der Waals surface area contributed by atoms with Crippen molar-refractivity contribution in [1.29, 1.82) is 0 Å². The summed E-state index contributed by atoms with van der Waals surface area (Å²) >= 11 is 6.02. The molecule has 0 atom stereocenters. The van der Waals surface area contributed by atoms with E-state index in [0.717, 1.165) is 5.56 Å². The van der Waals surface area contributed by atoms with E-state index in [1.165, 1.54) is 18.3 Å². The molecule has 0 saturated heterocycles. The molecule has 2 aromatic carbocycles. The maximum atomic E-state index is 13.1. The fourth-order valence-corrected chi connectivity index (χ4v) is 2.81. The van der Waals surface area contributed by atoms with Crippen LogP contribution in [0, 0.1) is 5.82 Å². The quantitative estimate of drug-likeness (QED) is 0.757. The zero-order chi connectivity index (χ0) is 18.1. The number of benzene rings is 2. The number of fused-ring (bicyclic) bond motifs is 1. The molecule has 0 saturated carbocycles. The summed E-state index contributed by atoms with van der Waals surface area (Å²) in [5, 5.41) is 7.28. The molecular formula is C18H13ClFN3O3. The third-order valence-corrected chi connectivity index (χ3v) is 4.23. The Labute approximate surface area is 153 Å². The monoisotopic (exact) mass is 373 g/mol. The summed E-state index contributed by atoms with van der Waals surface area (Å²) in [5.41, 5.74) is 1.71. The van der Waals surface area contributed by atoms with Gasteiger partial charge < -0.3 is 14.8 Å². The first-order valence-electron chi connectivity index (χ1n) is 7.76. The molecule has 0 radical (unpaired) electrons. The Morgan fingerprint density at radius 1 is 1.23 bits per heavy atom. The number of carbonyl (C=O) groups excluding carboxylic acids is 1. The topological polar surface area (TPSA) is 65.4 Å². The lowest BCUT2D eigenvalue weighted by Crippen LogP contribution is -2.11. The molecular weight excluding hydrogens is 361 g/mol. The predicted molar refractivity (Wildman–Crippen MR) is 93.3 cm³/mol. The van der Waals surface area contributed by atoms with Gasteiger partial charge >= 0.3 is 0 Å². The predicted octanol–water partition coefficient (Wildman–Crippen LogP) is 3.70. The van der Waals surface area contributed by atoms with Crippen molar-refractivity contribution in [3.8, 4) is 11.5 Å². The number of rotatable bonds is 4. The van der Waals surface area contributed by atoms with E-state index in [4.69, 9.17) is 21.1 Å². The molecule has 132 valence electrons. The van der Waals surface area contributed by atoms with Gasteiger partial charge in [-0.05, 0) is 35.9 Å². The Bertz CT molecular complexity index is 990. The molecule has 0 bridgehead atoms. The molecule has 0 unspecified atom stereocenters. The molecule has 1 aromatic heterocycles. The van der Waals surface area contributed by atoms with Crippen LogP contribution in [0.4, 0.5) is 10.1 Å². The van der Waals surface area contributed by atoms with Crippen LogP contribution in [0.3, 0.4) is 0 Å². The third kappa shape index (κ3) is 3.34. The van der Waals surface area contributed by atoms with Gasteiger partial charge in [0.15, 0.2) is 11.5 Å². The van der Waals surface area contributed by atoms with Crippen LogP contribution in [0.25, 0.3) is 0 Å². The Morgan fingerprint density at radius 2 is 2.08 bits per heavy atom. The molecule has 3 aromatic rings. The number of hydrogen-bond donors (Lipinski definition) is 1. The van der Waals surface area contributed by atoms with E-state index in [-0.39, 0.29) is 12.7 Å². The second-order valence-electron chi connectivity index (χ2n) is 5.68. The Hall–Kier alpha value is -3.06. The van der Waals surface area contributed by atoms with Gasteiger partial charge in [-0.1, -0.05) is 17.7 Å². The van der Waals surface area contributed by atoms with Crippen molar-refractivity contribution in [2.24, 2.45) is 0 Å². The summed E-state index contributed by atoms with van der Waals surface area (Å²) < 4.78 is 25.2. The van der Waals surface area contributed by atoms with Crippen LogP contribution < -0.4 is 14.8 Å². The molecule has 26 heavy (non-hydrogen) atoms. The fraction of sp³-hybridized carbons (Fsp3) is 0.111. The Kier molecular flexibility index (Phi) is 4.22. The highest BCUT2D eigenvalue weighted by molar-refractivity contribution is 6.31. The molecule has 1 aliphatic rings. The number of anilines is 1. The number of nitrogens with one attached hydrogen (secondary N) is 1. The summed E-state index contributed by atoms with van der Waals surface area (Å²) in [5.74, 6) is 0.475. The lowest BCUT2D eigenvalue weighted by atomic mass is 10.2. The van der Waals surface area contributed by atoms with E-state index in [1.807, 2.05) is 0 Å². The van der Waals surface area contributed by atoms with E-state index in [1.54, 1.807) is 35.1 Å². The first kappa shape index (κ1) is 16.4. The highest BCUT2D eigenvalue weighted by Crippen LogP contribution is 2.32. The average molecular weight is 374 g/mol. The number of ether oxygens (including phenoxy) is 2. The van der Waals surface area contributed by atoms with Crippen LogP contribution in [0.1, 0.15) is 15.9 Å². The van der Waals surface area contributed by atoms with Crippen LogP contribution >= 0.6 is 11.6 Å². The Morgan fingerprint density at radius 3 is 2.92 bits per heavy atom. The fourth-order valence-electron chi connectivity index (χ4n) is 2.58. The minimum atomic E-state index is -0.393. The molecule has 0 fully saturated rings. The summed E-state index contributed by atoms with van der Waals surface area (Å²) in [7, 11) is 0. The SMILES string of the molecule is O=C(Nc1cnn(Cc2ccc(F)cc2Cl)c1)c1ccc2c(c1)OCO2. The Balaban J connectivity index is 1.45. The minimum Gasteiger partial charge on any atom is -0.454 e. The zero-order valence-corrected chi connectivity index (χ0v) is 14.2. The number of amides is 1. The number of aromatic nitrogens is 2. The highest BCUT2D eigenvalue weighted by atomic mass is 35.5. The van der Waals surface area contributed by atoms with Crippen molar-refractivity contribution in [3.05, 3.63) is 70.8 Å². The van der Waals surface area contributed by atoms with Crippen molar-refractivity contribution in [2.45, 2.75) is 6.54 Å². The first-order valence-corrected chi connectivity index (χ1v) is 8.14. The molecule has 8 heteroatoms. The largest absolute Gasteiger partial charge is 0.454 e. The van der Waals surface area contributed by atoms with Crippen LogP contribution in [-0.2, 0) is 6.54 Å². The van der Waals surface area contributed by atoms with Crippen LogP contribution in [0.2, 0.25) is 5.02 Å². The van der Waals surface area contributed by atoms with Gasteiger partial charge in [-0.25, -0.2) is 4.39 Å². The highest BCUT2D eigenvalue weighted by Gasteiger charge is 2.16. The maximum absolute atomic E-state index is 13.1. The molecule has 0 spiro atoms.